The Morgan fingerprint density at radius 2 is 1.88 bits per heavy atom. The number of likely N-dealkylation sites (tertiary alicyclic amines) is 2. The van der Waals surface area contributed by atoms with Gasteiger partial charge in [-0.1, -0.05) is 6.92 Å². The van der Waals surface area contributed by atoms with Gasteiger partial charge in [-0.25, -0.2) is 4.98 Å². The number of carbonyl (C=O) groups excluding carboxylic acids is 2. The lowest BCUT2D eigenvalue weighted by atomic mass is 9.95. The van der Waals surface area contributed by atoms with Gasteiger partial charge in [0.15, 0.2) is 5.13 Å². The van der Waals surface area contributed by atoms with E-state index in [0.29, 0.717) is 17.6 Å². The van der Waals surface area contributed by atoms with Gasteiger partial charge in [0.25, 0.3) is 0 Å². The molecule has 25 heavy (non-hydrogen) atoms. The third-order valence-electron chi connectivity index (χ3n) is 5.20. The van der Waals surface area contributed by atoms with Crippen LogP contribution in [0, 0.1) is 12.8 Å². The second kappa shape index (κ2) is 8.27. The van der Waals surface area contributed by atoms with Crippen LogP contribution in [0.4, 0.5) is 5.13 Å². The van der Waals surface area contributed by atoms with Gasteiger partial charge in [0.1, 0.15) is 0 Å². The van der Waals surface area contributed by atoms with Gasteiger partial charge in [0.2, 0.25) is 11.8 Å². The summed E-state index contributed by atoms with van der Waals surface area (Å²) in [5.41, 5.74) is 1.06. The molecule has 2 saturated heterocycles. The molecule has 0 radical (unpaired) electrons. The Morgan fingerprint density at radius 3 is 2.48 bits per heavy atom. The molecule has 1 aromatic rings. The van der Waals surface area contributed by atoms with Crippen molar-refractivity contribution in [2.45, 2.75) is 46.0 Å². The molecule has 2 aliphatic rings. The molecule has 7 heteroatoms. The fourth-order valence-electron chi connectivity index (χ4n) is 3.71. The summed E-state index contributed by atoms with van der Waals surface area (Å²) in [6.07, 6.45) is 4.89. The van der Waals surface area contributed by atoms with E-state index in [9.17, 15) is 9.59 Å². The molecule has 2 aliphatic heterocycles. The molecule has 2 amide bonds. The number of thiazole rings is 1. The molecule has 0 bridgehead atoms. The minimum Gasteiger partial charge on any atom is -0.342 e. The van der Waals surface area contributed by atoms with Crippen molar-refractivity contribution in [1.82, 2.24) is 14.8 Å². The van der Waals surface area contributed by atoms with E-state index in [4.69, 9.17) is 0 Å². The topological polar surface area (TPSA) is 65.5 Å². The standard InChI is InChI=1S/C18H28N4O2S/c1-3-15-13(2)25-18(19-15)20-16(23)12-21-10-6-14(7-11-21)17(24)22-8-4-5-9-22/h14H,3-12H2,1-2H3,(H,19,20,23). The minimum absolute atomic E-state index is 0.0132. The molecule has 3 heterocycles. The number of carbonyl (C=O) groups is 2. The third-order valence-corrected chi connectivity index (χ3v) is 6.12. The number of anilines is 1. The van der Waals surface area contributed by atoms with E-state index in [2.05, 4.69) is 22.1 Å². The highest BCUT2D eigenvalue weighted by Crippen LogP contribution is 2.24. The van der Waals surface area contributed by atoms with Crippen LogP contribution in [-0.4, -0.2) is 59.3 Å². The molecule has 138 valence electrons. The molecule has 1 N–H and O–H groups in total. The first kappa shape index (κ1) is 18.3. The summed E-state index contributed by atoms with van der Waals surface area (Å²) in [5.74, 6) is 0.457. The minimum atomic E-state index is -0.0132. The van der Waals surface area contributed by atoms with E-state index >= 15 is 0 Å². The lowest BCUT2D eigenvalue weighted by Gasteiger charge is -2.32. The number of nitrogens with zero attached hydrogens (tertiary/aromatic N) is 3. The molecule has 0 aromatic carbocycles. The summed E-state index contributed by atoms with van der Waals surface area (Å²) in [6.45, 7) is 7.96. The van der Waals surface area contributed by atoms with Crippen LogP contribution in [0.15, 0.2) is 0 Å². The number of nitrogens with one attached hydrogen (secondary N) is 1. The fourth-order valence-corrected chi connectivity index (χ4v) is 4.62. The Kier molecular flexibility index (Phi) is 6.06. The molecule has 0 aliphatic carbocycles. The van der Waals surface area contributed by atoms with Gasteiger partial charge in [-0.05, 0) is 52.1 Å². The maximum Gasteiger partial charge on any atom is 0.240 e. The number of hydrogen-bond donors (Lipinski definition) is 1. The van der Waals surface area contributed by atoms with E-state index in [1.54, 1.807) is 0 Å². The van der Waals surface area contributed by atoms with E-state index < -0.39 is 0 Å². The predicted octanol–water partition coefficient (Wildman–Crippen LogP) is 2.29. The van der Waals surface area contributed by atoms with Gasteiger partial charge >= 0.3 is 0 Å². The number of aryl methyl sites for hydroxylation is 2. The Balaban J connectivity index is 1.43. The van der Waals surface area contributed by atoms with E-state index in [-0.39, 0.29) is 11.8 Å². The SMILES string of the molecule is CCc1nc(NC(=O)CN2CCC(C(=O)N3CCCC3)CC2)sc1C. The molecule has 0 saturated carbocycles. The summed E-state index contributed by atoms with van der Waals surface area (Å²) in [7, 11) is 0. The highest BCUT2D eigenvalue weighted by molar-refractivity contribution is 7.15. The van der Waals surface area contributed by atoms with Crippen LogP contribution >= 0.6 is 11.3 Å². The monoisotopic (exact) mass is 364 g/mol. The molecular weight excluding hydrogens is 336 g/mol. The number of amides is 2. The Bertz CT molecular complexity index is 617. The zero-order valence-electron chi connectivity index (χ0n) is 15.2. The third kappa shape index (κ3) is 4.58. The highest BCUT2D eigenvalue weighted by atomic mass is 32.1. The van der Waals surface area contributed by atoms with E-state index in [1.165, 1.54) is 16.2 Å². The number of hydrogen-bond acceptors (Lipinski definition) is 5. The molecular formula is C18H28N4O2S. The molecule has 2 fully saturated rings. The fraction of sp³-hybridized carbons (Fsp3) is 0.722. The highest BCUT2D eigenvalue weighted by Gasteiger charge is 2.30. The predicted molar refractivity (Wildman–Crippen MR) is 99.8 cm³/mol. The first-order valence-electron chi connectivity index (χ1n) is 9.34. The summed E-state index contributed by atoms with van der Waals surface area (Å²) < 4.78 is 0. The van der Waals surface area contributed by atoms with Crippen LogP contribution in [0.5, 0.6) is 0 Å². The van der Waals surface area contributed by atoms with Crippen molar-refractivity contribution in [2.24, 2.45) is 5.92 Å². The van der Waals surface area contributed by atoms with Gasteiger partial charge in [0.05, 0.1) is 12.2 Å². The largest absolute Gasteiger partial charge is 0.342 e. The summed E-state index contributed by atoms with van der Waals surface area (Å²) in [5, 5.41) is 3.61. The van der Waals surface area contributed by atoms with E-state index in [0.717, 1.165) is 64.0 Å². The van der Waals surface area contributed by atoms with Crippen molar-refractivity contribution in [2.75, 3.05) is 38.0 Å². The Morgan fingerprint density at radius 1 is 1.20 bits per heavy atom. The van der Waals surface area contributed by atoms with Crippen LogP contribution in [0.3, 0.4) is 0 Å². The second-order valence-electron chi connectivity index (χ2n) is 7.01. The van der Waals surface area contributed by atoms with Crippen molar-refractivity contribution in [3.63, 3.8) is 0 Å². The van der Waals surface area contributed by atoms with Crippen molar-refractivity contribution in [1.29, 1.82) is 0 Å². The van der Waals surface area contributed by atoms with Gasteiger partial charge in [0, 0.05) is 23.9 Å². The average molecular weight is 365 g/mol. The van der Waals surface area contributed by atoms with Crippen LogP contribution in [0.2, 0.25) is 0 Å². The second-order valence-corrected chi connectivity index (χ2v) is 8.21. The first-order chi connectivity index (χ1) is 12.1. The van der Waals surface area contributed by atoms with Crippen LogP contribution in [0.25, 0.3) is 0 Å². The van der Waals surface area contributed by atoms with Gasteiger partial charge in [-0.15, -0.1) is 11.3 Å². The maximum atomic E-state index is 12.5. The molecule has 6 nitrogen and oxygen atoms in total. The first-order valence-corrected chi connectivity index (χ1v) is 10.2. The Hall–Kier alpha value is -1.47. The lowest BCUT2D eigenvalue weighted by molar-refractivity contribution is -0.136. The van der Waals surface area contributed by atoms with Gasteiger partial charge < -0.3 is 10.2 Å². The lowest BCUT2D eigenvalue weighted by Crippen LogP contribution is -2.43. The van der Waals surface area contributed by atoms with Crippen LogP contribution < -0.4 is 5.32 Å². The van der Waals surface area contributed by atoms with Gasteiger partial charge in [-0.3, -0.25) is 14.5 Å². The summed E-state index contributed by atoms with van der Waals surface area (Å²) >= 11 is 1.54. The van der Waals surface area contributed by atoms with Crippen molar-refractivity contribution in [3.05, 3.63) is 10.6 Å². The quantitative estimate of drug-likeness (QED) is 0.871. The van der Waals surface area contributed by atoms with Crippen LogP contribution in [0.1, 0.15) is 43.2 Å². The van der Waals surface area contributed by atoms with Crippen molar-refractivity contribution < 1.29 is 9.59 Å². The number of rotatable bonds is 5. The van der Waals surface area contributed by atoms with Crippen LogP contribution in [-0.2, 0) is 16.0 Å². The number of piperidine rings is 1. The average Bonchev–Trinajstić information content (AvgIpc) is 3.24. The zero-order valence-corrected chi connectivity index (χ0v) is 16.0. The molecule has 1 aromatic heterocycles. The van der Waals surface area contributed by atoms with Crippen molar-refractivity contribution >= 4 is 28.3 Å². The van der Waals surface area contributed by atoms with Crippen molar-refractivity contribution in [3.8, 4) is 0 Å². The van der Waals surface area contributed by atoms with Gasteiger partial charge in [-0.2, -0.15) is 0 Å². The number of aromatic nitrogens is 1. The maximum absolute atomic E-state index is 12.5. The Labute approximate surface area is 153 Å². The molecule has 3 rings (SSSR count). The zero-order chi connectivity index (χ0) is 17.8. The normalized spacial score (nSPS) is 19.4. The molecule has 0 spiro atoms. The van der Waals surface area contributed by atoms with E-state index in [1.807, 2.05) is 11.8 Å². The smallest absolute Gasteiger partial charge is 0.240 e. The molecule has 0 unspecified atom stereocenters. The summed E-state index contributed by atoms with van der Waals surface area (Å²) in [4.78, 5) is 34.5. The summed E-state index contributed by atoms with van der Waals surface area (Å²) in [6, 6.07) is 0. The molecule has 0 atom stereocenters.